The van der Waals surface area contributed by atoms with E-state index in [2.05, 4.69) is 20.4 Å². The highest BCUT2D eigenvalue weighted by Gasteiger charge is 2.24. The number of rotatable bonds is 7. The molecule has 26 heavy (non-hydrogen) atoms. The SMILES string of the molecule is COCc1nnc(NC(=O)CN2CCC(Cc3ccc(C)c(F)c3)C2)s1. The summed E-state index contributed by atoms with van der Waals surface area (Å²) < 4.78 is 18.7. The molecule has 0 bridgehead atoms. The van der Waals surface area contributed by atoms with Crippen molar-refractivity contribution >= 4 is 22.4 Å². The lowest BCUT2D eigenvalue weighted by Gasteiger charge is -2.15. The summed E-state index contributed by atoms with van der Waals surface area (Å²) in [6.07, 6.45) is 1.85. The minimum Gasteiger partial charge on any atom is -0.377 e. The number of benzene rings is 1. The molecule has 3 rings (SSSR count). The molecule has 2 aromatic rings. The van der Waals surface area contributed by atoms with Crippen LogP contribution >= 0.6 is 11.3 Å². The predicted octanol–water partition coefficient (Wildman–Crippen LogP) is 2.64. The number of aromatic nitrogens is 2. The molecule has 1 aromatic carbocycles. The lowest BCUT2D eigenvalue weighted by Crippen LogP contribution is -2.31. The summed E-state index contributed by atoms with van der Waals surface area (Å²) in [7, 11) is 1.59. The fourth-order valence-electron chi connectivity index (χ4n) is 3.17. The molecule has 1 N–H and O–H groups in total. The van der Waals surface area contributed by atoms with Crippen molar-refractivity contribution in [2.75, 3.05) is 32.1 Å². The normalized spacial score (nSPS) is 17.6. The zero-order valence-electron chi connectivity index (χ0n) is 15.0. The van der Waals surface area contributed by atoms with Gasteiger partial charge in [-0.15, -0.1) is 10.2 Å². The number of likely N-dealkylation sites (tertiary alicyclic amines) is 1. The van der Waals surface area contributed by atoms with Gasteiger partial charge in [-0.1, -0.05) is 23.5 Å². The van der Waals surface area contributed by atoms with Crippen molar-refractivity contribution in [1.29, 1.82) is 0 Å². The Balaban J connectivity index is 1.46. The zero-order valence-corrected chi connectivity index (χ0v) is 15.8. The van der Waals surface area contributed by atoms with Crippen LogP contribution < -0.4 is 5.32 Å². The van der Waals surface area contributed by atoms with Crippen molar-refractivity contribution in [3.8, 4) is 0 Å². The van der Waals surface area contributed by atoms with Gasteiger partial charge < -0.3 is 4.74 Å². The average molecular weight is 378 g/mol. The lowest BCUT2D eigenvalue weighted by molar-refractivity contribution is -0.117. The van der Waals surface area contributed by atoms with E-state index >= 15 is 0 Å². The second-order valence-electron chi connectivity index (χ2n) is 6.66. The van der Waals surface area contributed by atoms with E-state index in [1.807, 2.05) is 12.1 Å². The van der Waals surface area contributed by atoms with Crippen LogP contribution in [0.3, 0.4) is 0 Å². The minimum absolute atomic E-state index is 0.0906. The van der Waals surface area contributed by atoms with Gasteiger partial charge in [0.05, 0.1) is 6.54 Å². The molecule has 1 aromatic heterocycles. The van der Waals surface area contributed by atoms with E-state index in [0.29, 0.717) is 29.8 Å². The summed E-state index contributed by atoms with van der Waals surface area (Å²) in [5, 5.41) is 11.9. The van der Waals surface area contributed by atoms with E-state index in [-0.39, 0.29) is 11.7 Å². The maximum atomic E-state index is 13.7. The first-order chi connectivity index (χ1) is 12.5. The summed E-state index contributed by atoms with van der Waals surface area (Å²) in [5.74, 6) is 0.202. The summed E-state index contributed by atoms with van der Waals surface area (Å²) in [6.45, 7) is 4.20. The molecule has 0 spiro atoms. The molecule has 0 saturated carbocycles. The molecule has 8 heteroatoms. The number of carbonyl (C=O) groups is 1. The van der Waals surface area contributed by atoms with Crippen LogP contribution in [0.1, 0.15) is 22.6 Å². The van der Waals surface area contributed by atoms with E-state index in [0.717, 1.165) is 36.5 Å². The number of nitrogens with zero attached hydrogens (tertiary/aromatic N) is 3. The van der Waals surface area contributed by atoms with Crippen molar-refractivity contribution in [2.24, 2.45) is 5.92 Å². The van der Waals surface area contributed by atoms with Gasteiger partial charge in [0, 0.05) is 13.7 Å². The number of halogens is 1. The monoisotopic (exact) mass is 378 g/mol. The van der Waals surface area contributed by atoms with Crippen LogP contribution in [0, 0.1) is 18.7 Å². The van der Waals surface area contributed by atoms with Crippen LogP contribution in [-0.4, -0.2) is 47.7 Å². The third kappa shape index (κ3) is 5.06. The Labute approximate surface area is 156 Å². The summed E-state index contributed by atoms with van der Waals surface area (Å²) in [4.78, 5) is 14.3. The van der Waals surface area contributed by atoms with Crippen molar-refractivity contribution in [1.82, 2.24) is 15.1 Å². The maximum absolute atomic E-state index is 13.7. The molecule has 0 radical (unpaired) electrons. The maximum Gasteiger partial charge on any atom is 0.240 e. The zero-order chi connectivity index (χ0) is 18.5. The van der Waals surface area contributed by atoms with E-state index in [1.54, 1.807) is 20.1 Å². The van der Waals surface area contributed by atoms with Crippen LogP contribution in [0.5, 0.6) is 0 Å². The molecule has 6 nitrogen and oxygen atoms in total. The molecule has 1 aliphatic heterocycles. The lowest BCUT2D eigenvalue weighted by atomic mass is 9.98. The van der Waals surface area contributed by atoms with Gasteiger partial charge in [-0.2, -0.15) is 0 Å². The smallest absolute Gasteiger partial charge is 0.240 e. The van der Waals surface area contributed by atoms with Gasteiger partial charge in [0.2, 0.25) is 11.0 Å². The standard InChI is InChI=1S/C18H23FN4O2S/c1-12-3-4-13(8-15(12)19)7-14-5-6-23(9-14)10-16(24)20-18-22-21-17(26-18)11-25-2/h3-4,8,14H,5-7,9-11H2,1-2H3,(H,20,22,24). The van der Waals surface area contributed by atoms with E-state index in [4.69, 9.17) is 4.74 Å². The molecule has 140 valence electrons. The van der Waals surface area contributed by atoms with Crippen LogP contribution in [-0.2, 0) is 22.6 Å². The van der Waals surface area contributed by atoms with E-state index in [9.17, 15) is 9.18 Å². The number of aryl methyl sites for hydroxylation is 1. The van der Waals surface area contributed by atoms with Gasteiger partial charge in [-0.25, -0.2) is 4.39 Å². The molecular weight excluding hydrogens is 355 g/mol. The first kappa shape index (κ1) is 18.9. The molecular formula is C18H23FN4O2S. The predicted molar refractivity (Wildman–Crippen MR) is 98.6 cm³/mol. The largest absolute Gasteiger partial charge is 0.377 e. The molecule has 1 atom stereocenters. The first-order valence-corrected chi connectivity index (χ1v) is 9.43. The first-order valence-electron chi connectivity index (χ1n) is 8.62. The van der Waals surface area contributed by atoms with Crippen LogP contribution in [0.15, 0.2) is 18.2 Å². The topological polar surface area (TPSA) is 67.4 Å². The Morgan fingerprint density at radius 1 is 1.46 bits per heavy atom. The quantitative estimate of drug-likeness (QED) is 0.802. The Morgan fingerprint density at radius 3 is 3.08 bits per heavy atom. The van der Waals surface area contributed by atoms with Crippen LogP contribution in [0.4, 0.5) is 9.52 Å². The van der Waals surface area contributed by atoms with Crippen molar-refractivity contribution < 1.29 is 13.9 Å². The van der Waals surface area contributed by atoms with Crippen LogP contribution in [0.25, 0.3) is 0 Å². The fourth-order valence-corrected chi connectivity index (χ4v) is 3.90. The Kier molecular flexibility index (Phi) is 6.29. The number of amides is 1. The summed E-state index contributed by atoms with van der Waals surface area (Å²) in [6, 6.07) is 5.43. The highest BCUT2D eigenvalue weighted by atomic mass is 32.1. The number of hydrogen-bond donors (Lipinski definition) is 1. The van der Waals surface area contributed by atoms with Crippen LogP contribution in [0.2, 0.25) is 0 Å². The highest BCUT2D eigenvalue weighted by molar-refractivity contribution is 7.15. The number of nitrogens with one attached hydrogen (secondary N) is 1. The number of carbonyl (C=O) groups excluding carboxylic acids is 1. The third-order valence-electron chi connectivity index (χ3n) is 4.48. The molecule has 1 aliphatic rings. The number of ether oxygens (including phenoxy) is 1. The van der Waals surface area contributed by atoms with Crippen molar-refractivity contribution in [2.45, 2.75) is 26.4 Å². The van der Waals surface area contributed by atoms with E-state index < -0.39 is 0 Å². The number of anilines is 1. The van der Waals surface area contributed by atoms with Gasteiger partial charge in [0.15, 0.2) is 0 Å². The Hall–Kier alpha value is -1.90. The summed E-state index contributed by atoms with van der Waals surface area (Å²) in [5.41, 5.74) is 1.69. The van der Waals surface area contributed by atoms with Gasteiger partial charge in [0.1, 0.15) is 17.4 Å². The molecule has 1 fully saturated rings. The number of hydrogen-bond acceptors (Lipinski definition) is 6. The van der Waals surface area contributed by atoms with Gasteiger partial charge in [-0.3, -0.25) is 15.0 Å². The second-order valence-corrected chi connectivity index (χ2v) is 7.72. The number of methoxy groups -OCH3 is 1. The van der Waals surface area contributed by atoms with Gasteiger partial charge in [-0.05, 0) is 49.4 Å². The molecule has 1 amide bonds. The molecule has 1 unspecified atom stereocenters. The van der Waals surface area contributed by atoms with Gasteiger partial charge >= 0.3 is 0 Å². The Bertz CT molecular complexity index is 767. The highest BCUT2D eigenvalue weighted by Crippen LogP contribution is 2.22. The average Bonchev–Trinajstić information content (AvgIpc) is 3.21. The molecule has 1 saturated heterocycles. The van der Waals surface area contributed by atoms with Crippen molar-refractivity contribution in [3.05, 3.63) is 40.2 Å². The van der Waals surface area contributed by atoms with Gasteiger partial charge in [0.25, 0.3) is 0 Å². The van der Waals surface area contributed by atoms with Crippen molar-refractivity contribution in [3.63, 3.8) is 0 Å². The molecule has 2 heterocycles. The second kappa shape index (κ2) is 8.66. The summed E-state index contributed by atoms with van der Waals surface area (Å²) >= 11 is 1.32. The Morgan fingerprint density at radius 2 is 2.31 bits per heavy atom. The minimum atomic E-state index is -0.151. The third-order valence-corrected chi connectivity index (χ3v) is 5.29. The van der Waals surface area contributed by atoms with E-state index in [1.165, 1.54) is 11.3 Å². The molecule has 0 aliphatic carbocycles. The fraction of sp³-hybridized carbons (Fsp3) is 0.500.